The van der Waals surface area contributed by atoms with Crippen molar-refractivity contribution < 1.29 is 4.79 Å². The second-order valence-corrected chi connectivity index (χ2v) is 6.29. The van der Waals surface area contributed by atoms with E-state index in [2.05, 4.69) is 16.4 Å². The smallest absolute Gasteiger partial charge is 0.223 e. The van der Waals surface area contributed by atoms with Crippen molar-refractivity contribution >= 4 is 5.91 Å². The zero-order valence-corrected chi connectivity index (χ0v) is 13.9. The molecule has 3 heterocycles. The van der Waals surface area contributed by atoms with Crippen LogP contribution in [0, 0.1) is 17.2 Å². The highest BCUT2D eigenvalue weighted by Crippen LogP contribution is 2.36. The number of likely N-dealkylation sites (tertiary alicyclic amines) is 1. The van der Waals surface area contributed by atoms with Crippen LogP contribution in [-0.2, 0) is 18.4 Å². The molecule has 0 unspecified atom stereocenters. The van der Waals surface area contributed by atoms with Crippen molar-refractivity contribution in [2.24, 2.45) is 13.0 Å². The van der Waals surface area contributed by atoms with Crippen LogP contribution < -0.4 is 5.32 Å². The fraction of sp³-hybridized carbons (Fsp3) is 0.389. The van der Waals surface area contributed by atoms with E-state index in [-0.39, 0.29) is 17.9 Å². The molecule has 1 fully saturated rings. The van der Waals surface area contributed by atoms with Crippen molar-refractivity contribution in [2.45, 2.75) is 19.0 Å². The molecule has 0 aromatic carbocycles. The van der Waals surface area contributed by atoms with Gasteiger partial charge in [-0.15, -0.1) is 0 Å². The highest BCUT2D eigenvalue weighted by atomic mass is 16.2. The van der Waals surface area contributed by atoms with Gasteiger partial charge in [0, 0.05) is 58.1 Å². The standard InChI is InChI=1S/C18H21N5O/c1-22-12-13(6-16(22)8-19)9-21-11-15-7-17(24)23(2)18(15)14-4-3-5-20-10-14/h3-6,10,12,15,18,21H,7,9,11H2,1-2H3/t15-,18-/m0/s1. The van der Waals surface area contributed by atoms with Crippen molar-refractivity contribution in [3.8, 4) is 6.07 Å². The third-order valence-corrected chi connectivity index (χ3v) is 4.63. The van der Waals surface area contributed by atoms with Crippen LogP contribution in [0.2, 0.25) is 0 Å². The van der Waals surface area contributed by atoms with Crippen molar-refractivity contribution in [3.63, 3.8) is 0 Å². The molecule has 3 rings (SSSR count). The van der Waals surface area contributed by atoms with Gasteiger partial charge in [0.1, 0.15) is 11.8 Å². The average Bonchev–Trinajstić information content (AvgIpc) is 3.08. The van der Waals surface area contributed by atoms with E-state index in [1.807, 2.05) is 54.2 Å². The van der Waals surface area contributed by atoms with Gasteiger partial charge in [0.2, 0.25) is 5.91 Å². The molecule has 2 aromatic rings. The summed E-state index contributed by atoms with van der Waals surface area (Å²) in [4.78, 5) is 18.1. The minimum Gasteiger partial charge on any atom is -0.342 e. The maximum Gasteiger partial charge on any atom is 0.223 e. The molecule has 1 saturated heterocycles. The Labute approximate surface area is 141 Å². The summed E-state index contributed by atoms with van der Waals surface area (Å²) in [6.45, 7) is 1.43. The Balaban J connectivity index is 1.65. The van der Waals surface area contributed by atoms with Gasteiger partial charge >= 0.3 is 0 Å². The number of carbonyl (C=O) groups is 1. The molecule has 0 aliphatic carbocycles. The number of hydrogen-bond donors (Lipinski definition) is 1. The number of nitriles is 1. The van der Waals surface area contributed by atoms with E-state index in [9.17, 15) is 4.79 Å². The predicted molar refractivity (Wildman–Crippen MR) is 89.7 cm³/mol. The molecule has 0 radical (unpaired) electrons. The van der Waals surface area contributed by atoms with Gasteiger partial charge in [0.05, 0.1) is 6.04 Å². The molecule has 1 aliphatic heterocycles. The lowest BCUT2D eigenvalue weighted by Gasteiger charge is -2.25. The van der Waals surface area contributed by atoms with Gasteiger partial charge in [-0.05, 0) is 23.3 Å². The predicted octanol–water partition coefficient (Wildman–Crippen LogP) is 1.60. The Kier molecular flexibility index (Phi) is 4.63. The Morgan fingerprint density at radius 3 is 2.96 bits per heavy atom. The van der Waals surface area contributed by atoms with Gasteiger partial charge in [-0.3, -0.25) is 9.78 Å². The van der Waals surface area contributed by atoms with Crippen LogP contribution in [0.3, 0.4) is 0 Å². The summed E-state index contributed by atoms with van der Waals surface area (Å²) in [6.07, 6.45) is 6.08. The highest BCUT2D eigenvalue weighted by molar-refractivity contribution is 5.79. The molecular formula is C18H21N5O. The Bertz CT molecular complexity index is 761. The van der Waals surface area contributed by atoms with E-state index in [1.54, 1.807) is 6.20 Å². The third kappa shape index (κ3) is 3.17. The maximum atomic E-state index is 12.1. The maximum absolute atomic E-state index is 12.1. The van der Waals surface area contributed by atoms with Crippen molar-refractivity contribution in [1.29, 1.82) is 5.26 Å². The molecule has 24 heavy (non-hydrogen) atoms. The van der Waals surface area contributed by atoms with Crippen LogP contribution in [0.1, 0.15) is 29.3 Å². The van der Waals surface area contributed by atoms with Gasteiger partial charge in [-0.2, -0.15) is 5.26 Å². The molecule has 2 aromatic heterocycles. The van der Waals surface area contributed by atoms with E-state index < -0.39 is 0 Å². The van der Waals surface area contributed by atoms with Gasteiger partial charge in [0.15, 0.2) is 0 Å². The minimum absolute atomic E-state index is 0.0594. The van der Waals surface area contributed by atoms with Gasteiger partial charge in [-0.25, -0.2) is 0 Å². The minimum atomic E-state index is 0.0594. The molecule has 0 spiro atoms. The number of nitrogens with zero attached hydrogens (tertiary/aromatic N) is 4. The van der Waals surface area contributed by atoms with Crippen molar-refractivity contribution in [2.75, 3.05) is 13.6 Å². The molecule has 0 saturated carbocycles. The topological polar surface area (TPSA) is 74.0 Å². The largest absolute Gasteiger partial charge is 0.342 e. The number of aromatic nitrogens is 2. The quantitative estimate of drug-likeness (QED) is 0.907. The van der Waals surface area contributed by atoms with Crippen LogP contribution in [0.4, 0.5) is 0 Å². The first-order valence-corrected chi connectivity index (χ1v) is 8.01. The fourth-order valence-corrected chi connectivity index (χ4v) is 3.42. The van der Waals surface area contributed by atoms with Crippen LogP contribution in [0.25, 0.3) is 0 Å². The zero-order valence-electron chi connectivity index (χ0n) is 13.9. The summed E-state index contributed by atoms with van der Waals surface area (Å²) < 4.78 is 1.82. The number of rotatable bonds is 5. The first kappa shape index (κ1) is 16.2. The first-order valence-electron chi connectivity index (χ1n) is 8.01. The summed E-state index contributed by atoms with van der Waals surface area (Å²) in [5, 5.41) is 12.4. The van der Waals surface area contributed by atoms with Gasteiger partial charge in [-0.1, -0.05) is 6.07 Å². The van der Waals surface area contributed by atoms with Crippen LogP contribution in [-0.4, -0.2) is 34.0 Å². The number of amides is 1. The average molecular weight is 323 g/mol. The summed E-state index contributed by atoms with van der Waals surface area (Å²) in [5.41, 5.74) is 2.80. The zero-order chi connectivity index (χ0) is 17.1. The first-order chi connectivity index (χ1) is 11.6. The molecule has 1 amide bonds. The molecule has 124 valence electrons. The lowest BCUT2D eigenvalue weighted by atomic mass is 9.94. The van der Waals surface area contributed by atoms with Gasteiger partial charge in [0.25, 0.3) is 0 Å². The summed E-state index contributed by atoms with van der Waals surface area (Å²) >= 11 is 0. The summed E-state index contributed by atoms with van der Waals surface area (Å²) in [5.74, 6) is 0.382. The molecule has 0 bridgehead atoms. The molecule has 1 aliphatic rings. The summed E-state index contributed by atoms with van der Waals surface area (Å²) in [7, 11) is 3.72. The van der Waals surface area contributed by atoms with Crippen molar-refractivity contribution in [1.82, 2.24) is 19.8 Å². The molecular weight excluding hydrogens is 302 g/mol. The van der Waals surface area contributed by atoms with E-state index >= 15 is 0 Å². The van der Waals surface area contributed by atoms with Gasteiger partial charge < -0.3 is 14.8 Å². The Morgan fingerprint density at radius 1 is 1.46 bits per heavy atom. The molecule has 1 N–H and O–H groups in total. The van der Waals surface area contributed by atoms with Crippen LogP contribution >= 0.6 is 0 Å². The lowest BCUT2D eigenvalue weighted by molar-refractivity contribution is -0.127. The van der Waals surface area contributed by atoms with E-state index in [1.165, 1.54) is 0 Å². The Hall–Kier alpha value is -2.65. The monoisotopic (exact) mass is 323 g/mol. The number of aryl methyl sites for hydroxylation is 1. The van der Waals surface area contributed by atoms with E-state index in [0.717, 1.165) is 17.7 Å². The lowest BCUT2D eigenvalue weighted by Crippen LogP contribution is -2.29. The second-order valence-electron chi connectivity index (χ2n) is 6.29. The number of hydrogen-bond acceptors (Lipinski definition) is 4. The highest BCUT2D eigenvalue weighted by Gasteiger charge is 2.38. The Morgan fingerprint density at radius 2 is 2.29 bits per heavy atom. The fourth-order valence-electron chi connectivity index (χ4n) is 3.42. The van der Waals surface area contributed by atoms with Crippen molar-refractivity contribution in [3.05, 3.63) is 53.6 Å². The number of pyridine rings is 1. The number of nitrogens with one attached hydrogen (secondary N) is 1. The number of carbonyl (C=O) groups excluding carboxylic acids is 1. The molecule has 6 nitrogen and oxygen atoms in total. The third-order valence-electron chi connectivity index (χ3n) is 4.63. The van der Waals surface area contributed by atoms with E-state index in [0.29, 0.717) is 18.7 Å². The summed E-state index contributed by atoms with van der Waals surface area (Å²) in [6, 6.07) is 8.04. The van der Waals surface area contributed by atoms with Crippen LogP contribution in [0.5, 0.6) is 0 Å². The van der Waals surface area contributed by atoms with Crippen LogP contribution in [0.15, 0.2) is 36.8 Å². The molecule has 6 heteroatoms. The second kappa shape index (κ2) is 6.85. The van der Waals surface area contributed by atoms with E-state index in [4.69, 9.17) is 5.26 Å². The normalized spacial score (nSPS) is 20.4. The SMILES string of the molecule is CN1C(=O)C[C@@H](CNCc2cc(C#N)n(C)c2)[C@@H]1c1cccnc1. The molecule has 2 atom stereocenters.